The Morgan fingerprint density at radius 1 is 0.500 bits per heavy atom. The van der Waals surface area contributed by atoms with Crippen LogP contribution in [0.5, 0.6) is 17.2 Å². The molecule has 4 heteroatoms. The molecule has 0 bridgehead atoms. The van der Waals surface area contributed by atoms with Crippen LogP contribution in [0, 0.1) is 0 Å². The van der Waals surface area contributed by atoms with E-state index in [1.165, 1.54) is 21.8 Å². The number of hydrogen-bond acceptors (Lipinski definition) is 2. The minimum absolute atomic E-state index is 0.104. The number of para-hydroxylation sites is 4. The van der Waals surface area contributed by atoms with Crippen molar-refractivity contribution in [2.45, 2.75) is 0 Å². The first-order valence-electron chi connectivity index (χ1n) is 13.5. The average Bonchev–Trinajstić information content (AvgIpc) is 3.35. The van der Waals surface area contributed by atoms with Crippen molar-refractivity contribution in [2.24, 2.45) is 0 Å². The lowest BCUT2D eigenvalue weighted by Gasteiger charge is -2.27. The van der Waals surface area contributed by atoms with Crippen molar-refractivity contribution >= 4 is 44.9 Å². The van der Waals surface area contributed by atoms with Crippen LogP contribution in [0.25, 0.3) is 38.6 Å². The number of rotatable bonds is 3. The molecule has 1 N–H and O–H groups in total. The van der Waals surface area contributed by atoms with E-state index >= 15 is 0 Å². The Labute approximate surface area is 232 Å². The quantitative estimate of drug-likeness (QED) is 0.265. The van der Waals surface area contributed by atoms with Gasteiger partial charge in [0.1, 0.15) is 17.2 Å². The van der Waals surface area contributed by atoms with Crippen molar-refractivity contribution in [1.29, 1.82) is 0 Å². The third-order valence-electron chi connectivity index (χ3n) is 8.06. The van der Waals surface area contributed by atoms with Crippen LogP contribution >= 0.6 is 0 Å². The highest BCUT2D eigenvalue weighted by Crippen LogP contribution is 2.34. The Morgan fingerprint density at radius 3 is 1.80 bits per heavy atom. The van der Waals surface area contributed by atoms with Gasteiger partial charge in [-0.25, -0.2) is 0 Å². The maximum atomic E-state index is 10.7. The van der Waals surface area contributed by atoms with Crippen LogP contribution in [-0.2, 0) is 0 Å². The molecule has 0 saturated carbocycles. The molecule has 2 heterocycles. The van der Waals surface area contributed by atoms with E-state index in [1.54, 1.807) is 6.07 Å². The fraction of sp³-hybridized carbons (Fsp3) is 0. The van der Waals surface area contributed by atoms with Crippen molar-refractivity contribution < 1.29 is 9.84 Å². The van der Waals surface area contributed by atoms with Crippen molar-refractivity contribution in [1.82, 2.24) is 4.57 Å². The maximum Gasteiger partial charge on any atom is 0.255 e. The molecule has 0 fully saturated rings. The molecule has 0 saturated heterocycles. The van der Waals surface area contributed by atoms with Gasteiger partial charge in [-0.05, 0) is 70.0 Å². The summed E-state index contributed by atoms with van der Waals surface area (Å²) in [6.07, 6.45) is 0. The van der Waals surface area contributed by atoms with Crippen molar-refractivity contribution in [3.8, 4) is 34.1 Å². The Bertz CT molecular complexity index is 1990. The fourth-order valence-electron chi connectivity index (χ4n) is 6.21. The molecule has 7 aromatic rings. The molecule has 0 amide bonds. The fourth-order valence-corrected chi connectivity index (χ4v) is 6.21. The Hall–Kier alpha value is -5.22. The van der Waals surface area contributed by atoms with E-state index in [2.05, 4.69) is 102 Å². The highest BCUT2D eigenvalue weighted by molar-refractivity contribution is 6.97. The number of nitrogens with zero attached hydrogens (tertiary/aromatic N) is 1. The topological polar surface area (TPSA) is 34.4 Å². The summed E-state index contributed by atoms with van der Waals surface area (Å²) >= 11 is 0. The molecule has 40 heavy (non-hydrogen) atoms. The molecule has 0 unspecified atom stereocenters. The number of phenolic OH excluding ortho intramolecular Hbond substituents is 1. The lowest BCUT2D eigenvalue weighted by Crippen LogP contribution is -2.54. The van der Waals surface area contributed by atoms with Crippen LogP contribution in [0.4, 0.5) is 0 Å². The smallest absolute Gasteiger partial charge is 0.255 e. The highest BCUT2D eigenvalue weighted by Gasteiger charge is 2.33. The van der Waals surface area contributed by atoms with Gasteiger partial charge >= 0.3 is 0 Å². The maximum absolute atomic E-state index is 10.7. The Balaban J connectivity index is 1.21. The van der Waals surface area contributed by atoms with Crippen LogP contribution in [0.2, 0.25) is 0 Å². The number of aromatic nitrogens is 1. The number of ether oxygens (including phenoxy) is 1. The SMILES string of the molecule is Oc1ccccc1B1c2ccccc2Oc2cc(-c3ccc(-n4c5ccccc5c5ccccc54)cc3)ccc21. The Kier molecular flexibility index (Phi) is 5.07. The summed E-state index contributed by atoms with van der Waals surface area (Å²) in [7, 11) is 0. The Morgan fingerprint density at radius 2 is 1.07 bits per heavy atom. The predicted molar refractivity (Wildman–Crippen MR) is 165 cm³/mol. The molecular formula is C36H24BNO2. The summed E-state index contributed by atoms with van der Waals surface area (Å²) in [5, 5.41) is 13.3. The molecule has 0 spiro atoms. The number of hydrogen-bond donors (Lipinski definition) is 1. The predicted octanol–water partition coefficient (Wildman–Crippen LogP) is 6.78. The molecule has 1 aromatic heterocycles. The summed E-state index contributed by atoms with van der Waals surface area (Å²) in [4.78, 5) is 0. The largest absolute Gasteiger partial charge is 0.508 e. The summed E-state index contributed by atoms with van der Waals surface area (Å²) in [6.45, 7) is -0.104. The molecule has 1 aliphatic heterocycles. The second kappa shape index (κ2) is 8.93. The summed E-state index contributed by atoms with van der Waals surface area (Å²) < 4.78 is 8.76. The number of phenols is 1. The minimum atomic E-state index is -0.104. The monoisotopic (exact) mass is 513 g/mol. The van der Waals surface area contributed by atoms with Gasteiger partial charge in [0.25, 0.3) is 6.71 Å². The van der Waals surface area contributed by atoms with E-state index in [1.807, 2.05) is 36.4 Å². The van der Waals surface area contributed by atoms with Gasteiger partial charge in [0.15, 0.2) is 0 Å². The van der Waals surface area contributed by atoms with E-state index in [0.29, 0.717) is 5.75 Å². The number of fused-ring (bicyclic) bond motifs is 5. The second-order valence-corrected chi connectivity index (χ2v) is 10.3. The first kappa shape index (κ1) is 22.7. The summed E-state index contributed by atoms with van der Waals surface area (Å²) in [5.74, 6) is 1.93. The molecule has 188 valence electrons. The summed E-state index contributed by atoms with van der Waals surface area (Å²) in [6, 6.07) is 47.9. The van der Waals surface area contributed by atoms with Gasteiger partial charge in [0.05, 0.1) is 11.0 Å². The molecule has 8 rings (SSSR count). The lowest BCUT2D eigenvalue weighted by molar-refractivity contribution is 0.479. The molecule has 0 atom stereocenters. The molecule has 0 radical (unpaired) electrons. The van der Waals surface area contributed by atoms with Crippen molar-refractivity contribution in [3.63, 3.8) is 0 Å². The van der Waals surface area contributed by atoms with Gasteiger partial charge in [-0.3, -0.25) is 0 Å². The number of benzene rings is 6. The zero-order chi connectivity index (χ0) is 26.6. The van der Waals surface area contributed by atoms with E-state index in [0.717, 1.165) is 44.7 Å². The van der Waals surface area contributed by atoms with Gasteiger partial charge in [-0.15, -0.1) is 0 Å². The average molecular weight is 513 g/mol. The van der Waals surface area contributed by atoms with Gasteiger partial charge in [0.2, 0.25) is 0 Å². The van der Waals surface area contributed by atoms with Crippen molar-refractivity contribution in [3.05, 3.63) is 140 Å². The summed E-state index contributed by atoms with van der Waals surface area (Å²) in [5.41, 5.74) is 8.72. The third-order valence-corrected chi connectivity index (χ3v) is 8.06. The highest BCUT2D eigenvalue weighted by atomic mass is 16.5. The van der Waals surface area contributed by atoms with E-state index in [9.17, 15) is 5.11 Å². The lowest BCUT2D eigenvalue weighted by atomic mass is 9.35. The van der Waals surface area contributed by atoms with E-state index in [-0.39, 0.29) is 6.71 Å². The first-order valence-corrected chi connectivity index (χ1v) is 13.5. The molecule has 0 aliphatic carbocycles. The standard InChI is InChI=1S/C36H24BNO2/c39-34-15-7-3-11-29(34)37-30-12-4-8-16-35(30)40-36-23-25(19-22-31(36)37)24-17-20-26(21-18-24)38-32-13-5-1-9-27(32)28-10-2-6-14-33(28)38/h1-23,39H. The van der Waals surface area contributed by atoms with E-state index < -0.39 is 0 Å². The zero-order valence-corrected chi connectivity index (χ0v) is 21.7. The van der Waals surface area contributed by atoms with Crippen molar-refractivity contribution in [2.75, 3.05) is 0 Å². The first-order chi connectivity index (χ1) is 19.8. The van der Waals surface area contributed by atoms with Gasteiger partial charge in [0, 0.05) is 16.5 Å². The third kappa shape index (κ3) is 3.46. The molecular weight excluding hydrogens is 489 g/mol. The molecule has 3 nitrogen and oxygen atoms in total. The molecule has 6 aromatic carbocycles. The van der Waals surface area contributed by atoms with Crippen LogP contribution in [0.1, 0.15) is 0 Å². The van der Waals surface area contributed by atoms with Gasteiger partial charge in [-0.1, -0.05) is 97.1 Å². The van der Waals surface area contributed by atoms with Crippen LogP contribution in [0.15, 0.2) is 140 Å². The second-order valence-electron chi connectivity index (χ2n) is 10.3. The number of aromatic hydroxyl groups is 1. The molecule has 1 aliphatic rings. The van der Waals surface area contributed by atoms with Gasteiger partial charge in [-0.2, -0.15) is 0 Å². The van der Waals surface area contributed by atoms with E-state index in [4.69, 9.17) is 4.74 Å². The zero-order valence-electron chi connectivity index (χ0n) is 21.7. The minimum Gasteiger partial charge on any atom is -0.508 e. The van der Waals surface area contributed by atoms with Gasteiger partial charge < -0.3 is 14.4 Å². The normalized spacial score (nSPS) is 12.2. The van der Waals surface area contributed by atoms with Crippen LogP contribution < -0.4 is 21.1 Å². The van der Waals surface area contributed by atoms with Crippen LogP contribution in [-0.4, -0.2) is 16.4 Å². The van der Waals surface area contributed by atoms with Crippen LogP contribution in [0.3, 0.4) is 0 Å².